The average Bonchev–Trinajstić information content (AvgIpc) is 2.68. The predicted octanol–water partition coefficient (Wildman–Crippen LogP) is 1.65. The Morgan fingerprint density at radius 2 is 1.77 bits per heavy atom. The quantitative estimate of drug-likeness (QED) is 0.425. The summed E-state index contributed by atoms with van der Waals surface area (Å²) in [6, 6.07) is 3.24. The minimum atomic E-state index is -4.90. The van der Waals surface area contributed by atoms with Gasteiger partial charge in [0.2, 0.25) is 5.91 Å². The number of aliphatic hydroxyl groups is 1. The minimum Gasteiger partial charge on any atom is -0.497 e. The van der Waals surface area contributed by atoms with Gasteiger partial charge in [-0.15, -0.1) is 0 Å². The summed E-state index contributed by atoms with van der Waals surface area (Å²) in [4.78, 5) is 24.2. The maximum Gasteiger partial charge on any atom is 0.405 e. The van der Waals surface area contributed by atoms with E-state index < -0.39 is 54.6 Å². The third kappa shape index (κ3) is 6.26. The number of hydrogen-bond donors (Lipinski definition) is 4. The van der Waals surface area contributed by atoms with E-state index in [0.29, 0.717) is 30.6 Å². The Balaban J connectivity index is 2.12. The molecule has 12 heteroatoms. The first-order valence-corrected chi connectivity index (χ1v) is 9.47. The van der Waals surface area contributed by atoms with Gasteiger partial charge >= 0.3 is 12.1 Å². The molecule has 0 heterocycles. The average molecular weight is 453 g/mol. The van der Waals surface area contributed by atoms with E-state index in [9.17, 15) is 36.6 Å². The summed E-state index contributed by atoms with van der Waals surface area (Å²) < 4.78 is 70.4. The van der Waals surface area contributed by atoms with Gasteiger partial charge in [0.1, 0.15) is 24.4 Å². The predicted molar refractivity (Wildman–Crippen MR) is 99.2 cm³/mol. The topological polar surface area (TPSA) is 114 Å². The molecule has 0 saturated heterocycles. The zero-order valence-corrected chi connectivity index (χ0v) is 16.6. The van der Waals surface area contributed by atoms with Crippen LogP contribution in [0.2, 0.25) is 0 Å². The second kappa shape index (κ2) is 9.77. The number of amides is 2. The summed E-state index contributed by atoms with van der Waals surface area (Å²) in [7, 11) is 1.44. The minimum absolute atomic E-state index is 0.342. The van der Waals surface area contributed by atoms with Crippen LogP contribution in [0.4, 0.5) is 22.0 Å². The number of methoxy groups -OCH3 is 1. The molecule has 7 nitrogen and oxygen atoms in total. The molecule has 0 unspecified atom stereocenters. The van der Waals surface area contributed by atoms with E-state index in [2.05, 4.69) is 5.32 Å². The van der Waals surface area contributed by atoms with Gasteiger partial charge in [0.05, 0.1) is 13.2 Å². The molecule has 174 valence electrons. The number of nitrogens with two attached hydrogens (primary N) is 1. The molecular formula is C19H24F5N3O4. The number of nitrogens with one attached hydrogen (secondary N) is 2. The molecule has 3 atom stereocenters. The Morgan fingerprint density at radius 1 is 1.19 bits per heavy atom. The van der Waals surface area contributed by atoms with Crippen LogP contribution in [0, 0.1) is 5.92 Å². The summed E-state index contributed by atoms with van der Waals surface area (Å²) in [5.41, 5.74) is 6.22. The molecule has 1 aromatic carbocycles. The maximum atomic E-state index is 14.4. The standard InChI is InChI=1S/C19H24F5N3O4/c1-31-12-7-5-10(6-8-12)13(25)16(29)27-14(11-3-2-4-11)15(28)19(23,24)17(30)26-9-18(20,21)22/h5-8,11,13-15,28H,2-4,9,25H2,1H3,(H,26,30)(H,27,29)/t13-,14-,15+/m0/s1. The second-order valence-corrected chi connectivity index (χ2v) is 7.34. The van der Waals surface area contributed by atoms with Crippen molar-refractivity contribution < 1.29 is 41.4 Å². The van der Waals surface area contributed by atoms with Crippen molar-refractivity contribution in [3.8, 4) is 5.75 Å². The van der Waals surface area contributed by atoms with Crippen LogP contribution < -0.4 is 21.1 Å². The third-order valence-corrected chi connectivity index (χ3v) is 5.19. The lowest BCUT2D eigenvalue weighted by Crippen LogP contribution is -2.61. The zero-order valence-electron chi connectivity index (χ0n) is 16.6. The summed E-state index contributed by atoms with van der Waals surface area (Å²) in [6.07, 6.45) is -6.21. The molecule has 1 aliphatic carbocycles. The lowest BCUT2D eigenvalue weighted by Gasteiger charge is -2.39. The lowest BCUT2D eigenvalue weighted by atomic mass is 9.76. The van der Waals surface area contributed by atoms with Gasteiger partial charge in [0.25, 0.3) is 5.91 Å². The molecular weight excluding hydrogens is 429 g/mol. The van der Waals surface area contributed by atoms with E-state index >= 15 is 0 Å². The molecule has 0 bridgehead atoms. The number of carbonyl (C=O) groups excluding carboxylic acids is 2. The molecule has 1 aromatic rings. The van der Waals surface area contributed by atoms with E-state index in [1.807, 2.05) is 0 Å². The van der Waals surface area contributed by atoms with E-state index in [-0.39, 0.29) is 0 Å². The van der Waals surface area contributed by atoms with E-state index in [1.54, 1.807) is 12.1 Å². The van der Waals surface area contributed by atoms with Gasteiger partial charge in [-0.1, -0.05) is 18.6 Å². The summed E-state index contributed by atoms with van der Waals surface area (Å²) in [6.45, 7) is -1.98. The number of halogens is 5. The van der Waals surface area contributed by atoms with Gasteiger partial charge in [-0.25, -0.2) is 0 Å². The van der Waals surface area contributed by atoms with Gasteiger partial charge in [0.15, 0.2) is 0 Å². The van der Waals surface area contributed by atoms with Gasteiger partial charge < -0.3 is 26.2 Å². The largest absolute Gasteiger partial charge is 0.497 e. The fourth-order valence-electron chi connectivity index (χ4n) is 3.13. The van der Waals surface area contributed by atoms with Crippen LogP contribution in [-0.4, -0.2) is 54.8 Å². The fraction of sp³-hybridized carbons (Fsp3) is 0.579. The Bertz CT molecular complexity index is 769. The van der Waals surface area contributed by atoms with Crippen LogP contribution in [0.25, 0.3) is 0 Å². The van der Waals surface area contributed by atoms with Gasteiger partial charge in [0, 0.05) is 0 Å². The van der Waals surface area contributed by atoms with Crippen molar-refractivity contribution in [1.29, 1.82) is 0 Å². The van der Waals surface area contributed by atoms with E-state index in [4.69, 9.17) is 10.5 Å². The Labute approximate surface area is 175 Å². The third-order valence-electron chi connectivity index (χ3n) is 5.19. The van der Waals surface area contributed by atoms with Crippen molar-refractivity contribution in [2.45, 2.75) is 49.5 Å². The van der Waals surface area contributed by atoms with Crippen molar-refractivity contribution in [3.63, 3.8) is 0 Å². The van der Waals surface area contributed by atoms with Crippen LogP contribution in [0.5, 0.6) is 5.75 Å². The second-order valence-electron chi connectivity index (χ2n) is 7.34. The Morgan fingerprint density at radius 3 is 2.23 bits per heavy atom. The molecule has 5 N–H and O–H groups in total. The summed E-state index contributed by atoms with van der Waals surface area (Å²) >= 11 is 0. The summed E-state index contributed by atoms with van der Waals surface area (Å²) in [5.74, 6) is -7.81. The SMILES string of the molecule is COc1ccc([C@H](N)C(=O)N[C@@H](C2CCC2)[C@@H](O)C(F)(F)C(=O)NCC(F)(F)F)cc1. The molecule has 1 aliphatic rings. The monoisotopic (exact) mass is 453 g/mol. The molecule has 0 spiro atoms. The molecule has 31 heavy (non-hydrogen) atoms. The van der Waals surface area contributed by atoms with Crippen molar-refractivity contribution in [1.82, 2.24) is 10.6 Å². The molecule has 0 aliphatic heterocycles. The maximum absolute atomic E-state index is 14.4. The number of carbonyl (C=O) groups is 2. The number of aliphatic hydroxyl groups excluding tert-OH is 1. The van der Waals surface area contributed by atoms with Crippen LogP contribution in [-0.2, 0) is 9.59 Å². The Hall–Kier alpha value is -2.47. The highest BCUT2D eigenvalue weighted by molar-refractivity contribution is 5.85. The molecule has 2 amide bonds. The molecule has 1 saturated carbocycles. The van der Waals surface area contributed by atoms with E-state index in [0.717, 1.165) is 5.32 Å². The molecule has 0 radical (unpaired) electrons. The fourth-order valence-corrected chi connectivity index (χ4v) is 3.13. The number of rotatable bonds is 9. The number of alkyl halides is 5. The van der Waals surface area contributed by atoms with Gasteiger partial charge in [-0.05, 0) is 36.5 Å². The van der Waals surface area contributed by atoms with Crippen LogP contribution in [0.15, 0.2) is 24.3 Å². The Kier molecular flexibility index (Phi) is 7.82. The highest BCUT2D eigenvalue weighted by Crippen LogP contribution is 2.35. The smallest absolute Gasteiger partial charge is 0.405 e. The van der Waals surface area contributed by atoms with Crippen molar-refractivity contribution in [2.75, 3.05) is 13.7 Å². The molecule has 2 rings (SSSR count). The number of benzene rings is 1. The van der Waals surface area contributed by atoms with Crippen LogP contribution in [0.1, 0.15) is 30.9 Å². The van der Waals surface area contributed by atoms with E-state index in [1.165, 1.54) is 19.2 Å². The first kappa shape index (κ1) is 24.8. The summed E-state index contributed by atoms with van der Waals surface area (Å²) in [5, 5.41) is 13.5. The lowest BCUT2D eigenvalue weighted by molar-refractivity contribution is -0.176. The number of hydrogen-bond acceptors (Lipinski definition) is 5. The van der Waals surface area contributed by atoms with Crippen LogP contribution >= 0.6 is 0 Å². The first-order valence-electron chi connectivity index (χ1n) is 9.47. The van der Waals surface area contributed by atoms with Crippen molar-refractivity contribution in [3.05, 3.63) is 29.8 Å². The van der Waals surface area contributed by atoms with Crippen molar-refractivity contribution >= 4 is 11.8 Å². The number of ether oxygens (including phenoxy) is 1. The molecule has 1 fully saturated rings. The van der Waals surface area contributed by atoms with Gasteiger partial charge in [-0.3, -0.25) is 9.59 Å². The highest BCUT2D eigenvalue weighted by atomic mass is 19.4. The van der Waals surface area contributed by atoms with Gasteiger partial charge in [-0.2, -0.15) is 22.0 Å². The molecule has 0 aromatic heterocycles. The first-order chi connectivity index (χ1) is 14.4. The zero-order chi connectivity index (χ0) is 23.4. The van der Waals surface area contributed by atoms with Crippen LogP contribution in [0.3, 0.4) is 0 Å². The highest BCUT2D eigenvalue weighted by Gasteiger charge is 2.53. The normalized spacial score (nSPS) is 17.8. The van der Waals surface area contributed by atoms with Crippen molar-refractivity contribution in [2.24, 2.45) is 11.7 Å².